The quantitative estimate of drug-likeness (QED) is 0.0275. The van der Waals surface area contributed by atoms with Crippen molar-refractivity contribution in [2.75, 3.05) is 40.6 Å². The summed E-state index contributed by atoms with van der Waals surface area (Å²) < 4.78 is 65.3. The predicted molar refractivity (Wildman–Crippen MR) is 364 cm³/mol. The highest BCUT2D eigenvalue weighted by Gasteiger charge is 2.41. The lowest BCUT2D eigenvalue weighted by atomic mass is 10.0. The molecule has 480 valence electrons. The molecule has 10 rings (SSSR count). The average Bonchev–Trinajstić information content (AvgIpc) is 1.94. The number of hydrogen-bond acceptors (Lipinski definition) is 17. The molecule has 1 N–H and O–H groups in total. The largest absolute Gasteiger partial charge is 0.493 e. The Hall–Kier alpha value is -6.18. The van der Waals surface area contributed by atoms with Crippen molar-refractivity contribution in [3.8, 4) is 55.3 Å². The van der Waals surface area contributed by atoms with Crippen molar-refractivity contribution in [3.05, 3.63) is 140 Å². The molecule has 2 aliphatic carbocycles. The van der Waals surface area contributed by atoms with Crippen molar-refractivity contribution in [2.24, 2.45) is 17.8 Å². The van der Waals surface area contributed by atoms with Crippen molar-refractivity contribution < 1.29 is 51.4 Å². The summed E-state index contributed by atoms with van der Waals surface area (Å²) in [6.45, 7) is 19.5. The summed E-state index contributed by atoms with van der Waals surface area (Å²) in [5, 5.41) is 3.97. The van der Waals surface area contributed by atoms with Crippen LogP contribution in [-0.4, -0.2) is 106 Å². The minimum atomic E-state index is -3.81. The van der Waals surface area contributed by atoms with E-state index in [9.17, 15) is 23.7 Å². The minimum Gasteiger partial charge on any atom is -0.493 e. The SMILES string of the molecule is COc1cc(-n2cnc3cc(-c4ccc(Cl)cc4)sc3c2=O)ccc1OC[C@H](OC(=O)[C@@H](NC(C)=O)C(C)C)C1CC1.COc1cc(-n2cnc3cc(-c4ccc(Cl)cc4)sc3c2=O)ccc1OC[C@H](OP(=O)(OCC[Si](C)(C)C)OCC[Si](C)(C)C)C1CC1. The third-order valence-electron chi connectivity index (χ3n) is 15.1. The Morgan fingerprint density at radius 3 is 1.44 bits per heavy atom. The van der Waals surface area contributed by atoms with E-state index < -0.39 is 48.2 Å². The summed E-state index contributed by atoms with van der Waals surface area (Å²) in [5.74, 6) is 1.32. The fourth-order valence-electron chi connectivity index (χ4n) is 9.49. The fraction of sp³-hybridized carbons (Fsp3) is 0.415. The van der Waals surface area contributed by atoms with Crippen molar-refractivity contribution in [1.29, 1.82) is 0 Å². The van der Waals surface area contributed by atoms with Crippen LogP contribution in [0.25, 0.3) is 52.7 Å². The van der Waals surface area contributed by atoms with E-state index in [2.05, 4.69) is 54.6 Å². The van der Waals surface area contributed by atoms with Gasteiger partial charge in [-0.15, -0.1) is 22.7 Å². The molecule has 2 saturated carbocycles. The maximum Gasteiger partial charge on any atom is 0.475 e. The van der Waals surface area contributed by atoms with Crippen molar-refractivity contribution in [2.45, 2.75) is 116 Å². The molecule has 4 aromatic carbocycles. The number of fused-ring (bicyclic) bond motifs is 2. The van der Waals surface area contributed by atoms with Gasteiger partial charge in [-0.2, -0.15) is 0 Å². The second kappa shape index (κ2) is 29.6. The van der Waals surface area contributed by atoms with Crippen molar-refractivity contribution in [1.82, 2.24) is 24.4 Å². The van der Waals surface area contributed by atoms with Gasteiger partial charge >= 0.3 is 13.8 Å². The molecule has 8 aromatic rings. The summed E-state index contributed by atoms with van der Waals surface area (Å²) in [7, 11) is -3.57. The molecule has 25 heteroatoms. The van der Waals surface area contributed by atoms with Crippen LogP contribution < -0.4 is 35.4 Å². The number of ether oxygens (including phenoxy) is 5. The highest BCUT2D eigenvalue weighted by molar-refractivity contribution is 7.48. The molecule has 18 nitrogen and oxygen atoms in total. The fourth-order valence-corrected chi connectivity index (χ4v) is 15.0. The lowest BCUT2D eigenvalue weighted by Crippen LogP contribution is -2.46. The predicted octanol–water partition coefficient (Wildman–Crippen LogP) is 15.4. The Bertz CT molecular complexity index is 3970. The second-order valence-corrected chi connectivity index (χ2v) is 41.1. The number of benzene rings is 4. The Morgan fingerprint density at radius 1 is 0.633 bits per heavy atom. The first-order chi connectivity index (χ1) is 42.8. The van der Waals surface area contributed by atoms with Crippen molar-refractivity contribution in [3.63, 3.8) is 0 Å². The van der Waals surface area contributed by atoms with Gasteiger partial charge in [0.2, 0.25) is 5.91 Å². The molecule has 0 radical (unpaired) electrons. The molecule has 4 heterocycles. The van der Waals surface area contributed by atoms with E-state index in [-0.39, 0.29) is 48.0 Å². The molecule has 0 spiro atoms. The standard InChI is InChI=1S/C34H46ClN2O7PSSi2.C31H32ClN3O6S/c1-40-30-20-27(37-23-36-28-21-32(46-33(28)34(37)38)25-10-12-26(35)13-11-25)14-15-29(30)41-22-31(24-8-9-24)44-45(39,42-16-18-47(2,3)4)43-17-19-48(5,6)7;1-17(2)28(34-18(3)36)31(38)41-26(19-5-6-19)15-40-24-12-11-22(13-25(24)39-4)35-16-33-23-14-27(42-29(23)30(35)37)20-7-9-21(32)10-8-20/h10-15,20-21,23-24,31H,8-9,16-19,22H2,1-7H3;7-14,16-17,19,26,28H,5-6,15H2,1-4H3,(H,34,36)/t31-;26-,28-/m00/s1. The molecule has 0 aliphatic heterocycles. The molecule has 1 amide bonds. The molecule has 4 aromatic heterocycles. The van der Waals surface area contributed by atoms with Crippen LogP contribution in [0.5, 0.6) is 23.0 Å². The van der Waals surface area contributed by atoms with E-state index in [4.69, 9.17) is 60.5 Å². The summed E-state index contributed by atoms with van der Waals surface area (Å²) in [6.07, 6.45) is 5.87. The number of aromatic nitrogens is 4. The van der Waals surface area contributed by atoms with E-state index in [1.54, 1.807) is 43.5 Å². The number of carbonyl (C=O) groups is 2. The Labute approximate surface area is 544 Å². The molecular formula is C65H78Cl2N5O13PS2Si2. The summed E-state index contributed by atoms with van der Waals surface area (Å²) in [6, 6.07) is 30.2. The first-order valence-corrected chi connectivity index (χ1v) is 41.3. The van der Waals surface area contributed by atoms with Gasteiger partial charge in [0, 0.05) is 55.0 Å². The van der Waals surface area contributed by atoms with Gasteiger partial charge in [0.15, 0.2) is 23.0 Å². The van der Waals surface area contributed by atoms with Crippen LogP contribution in [0.3, 0.4) is 0 Å². The van der Waals surface area contributed by atoms with Crippen LogP contribution in [0.2, 0.25) is 61.4 Å². The highest BCUT2D eigenvalue weighted by Crippen LogP contribution is 2.54. The maximum absolute atomic E-state index is 13.9. The van der Waals surface area contributed by atoms with Crippen LogP contribution >= 0.6 is 53.7 Å². The lowest BCUT2D eigenvalue weighted by Gasteiger charge is -2.26. The third-order valence-corrected chi connectivity index (χ3v) is 22.9. The minimum absolute atomic E-state index is 0.120. The van der Waals surface area contributed by atoms with Gasteiger partial charge in [0.25, 0.3) is 11.1 Å². The van der Waals surface area contributed by atoms with Crippen LogP contribution in [-0.2, 0) is 32.5 Å². The zero-order valence-electron chi connectivity index (χ0n) is 52.5. The molecule has 3 atom stereocenters. The Morgan fingerprint density at radius 2 is 1.06 bits per heavy atom. The number of carbonyl (C=O) groups excluding carboxylic acids is 2. The first kappa shape index (κ1) is 68.2. The number of nitrogens with one attached hydrogen (secondary N) is 1. The number of hydrogen-bond donors (Lipinski definition) is 1. The smallest absolute Gasteiger partial charge is 0.475 e. The highest BCUT2D eigenvalue weighted by atomic mass is 35.5. The topological polar surface area (TPSA) is 207 Å². The molecule has 2 aliphatic rings. The number of phosphoric acid groups is 1. The molecule has 0 unspecified atom stereocenters. The van der Waals surface area contributed by atoms with Crippen LogP contribution in [0, 0.1) is 17.8 Å². The Balaban J connectivity index is 0.000000215. The van der Waals surface area contributed by atoms with Gasteiger partial charge < -0.3 is 29.0 Å². The summed E-state index contributed by atoms with van der Waals surface area (Å²) in [4.78, 5) is 62.4. The van der Waals surface area contributed by atoms with Gasteiger partial charge in [0.1, 0.15) is 53.5 Å². The van der Waals surface area contributed by atoms with Crippen LogP contribution in [0.15, 0.2) is 119 Å². The normalized spacial score (nSPS) is 14.6. The first-order valence-electron chi connectivity index (χ1n) is 30.0. The number of nitrogens with zero attached hydrogens (tertiary/aromatic N) is 4. The number of methoxy groups -OCH3 is 2. The third kappa shape index (κ3) is 18.3. The number of thiophene rings is 2. The molecular weight excluding hydrogens is 1280 g/mol. The number of rotatable bonds is 28. The zero-order chi connectivity index (χ0) is 64.7. The number of halogens is 2. The van der Waals surface area contributed by atoms with Gasteiger partial charge in [-0.1, -0.05) is 101 Å². The van der Waals surface area contributed by atoms with E-state index in [0.717, 1.165) is 58.7 Å². The van der Waals surface area contributed by atoms with E-state index in [1.165, 1.54) is 58.5 Å². The second-order valence-electron chi connectivity index (χ2n) is 25.2. The van der Waals surface area contributed by atoms with Crippen molar-refractivity contribution >= 4 is 102 Å². The van der Waals surface area contributed by atoms with E-state index in [1.807, 2.05) is 74.5 Å². The van der Waals surface area contributed by atoms with Gasteiger partial charge in [-0.3, -0.25) is 37.1 Å². The summed E-state index contributed by atoms with van der Waals surface area (Å²) in [5.41, 5.74) is 3.97. The van der Waals surface area contributed by atoms with Gasteiger partial charge in [-0.25, -0.2) is 19.3 Å². The van der Waals surface area contributed by atoms with Crippen LogP contribution in [0.4, 0.5) is 0 Å². The number of amides is 1. The van der Waals surface area contributed by atoms with E-state index >= 15 is 0 Å². The number of phosphoric ester groups is 1. The van der Waals surface area contributed by atoms with Gasteiger partial charge in [0.05, 0.1) is 49.8 Å². The molecule has 0 saturated heterocycles. The van der Waals surface area contributed by atoms with Gasteiger partial charge in [-0.05, 0) is 127 Å². The molecule has 90 heavy (non-hydrogen) atoms. The molecule has 2 fully saturated rings. The lowest BCUT2D eigenvalue weighted by molar-refractivity contribution is -0.156. The Kier molecular flexibility index (Phi) is 22.4. The van der Waals surface area contributed by atoms with E-state index in [0.29, 0.717) is 78.1 Å². The zero-order valence-corrected chi connectivity index (χ0v) is 58.6. The summed E-state index contributed by atoms with van der Waals surface area (Å²) >= 11 is 14.8. The maximum atomic E-state index is 13.9. The number of esters is 1. The van der Waals surface area contributed by atoms with Crippen LogP contribution in [0.1, 0.15) is 46.5 Å². The molecule has 0 bridgehead atoms. The average molecular weight is 1360 g/mol. The monoisotopic (exact) mass is 1360 g/mol.